The minimum Gasteiger partial charge on any atom is -0.497 e. The van der Waals surface area contributed by atoms with E-state index in [4.69, 9.17) is 9.47 Å². The van der Waals surface area contributed by atoms with E-state index in [-0.39, 0.29) is 18.4 Å². The number of carbonyl (C=O) groups excluding carboxylic acids is 2. The van der Waals surface area contributed by atoms with Gasteiger partial charge in [0.2, 0.25) is 11.8 Å². The molecule has 1 aromatic heterocycles. The summed E-state index contributed by atoms with van der Waals surface area (Å²) in [4.78, 5) is 28.8. The van der Waals surface area contributed by atoms with Crippen molar-refractivity contribution in [2.75, 3.05) is 14.2 Å². The Hall–Kier alpha value is -4.14. The van der Waals surface area contributed by atoms with Crippen molar-refractivity contribution in [3.63, 3.8) is 0 Å². The number of H-pyrrole nitrogens is 1. The van der Waals surface area contributed by atoms with Gasteiger partial charge in [0.25, 0.3) is 0 Å². The lowest BCUT2D eigenvalue weighted by molar-refractivity contribution is -0.126. The van der Waals surface area contributed by atoms with Crippen molar-refractivity contribution in [3.8, 4) is 22.9 Å². The average Bonchev–Trinajstić information content (AvgIpc) is 3.30. The summed E-state index contributed by atoms with van der Waals surface area (Å²) in [6.07, 6.45) is 3.04. The fourth-order valence-corrected chi connectivity index (χ4v) is 2.78. The van der Waals surface area contributed by atoms with Crippen LogP contribution < -0.4 is 20.1 Å². The van der Waals surface area contributed by atoms with Gasteiger partial charge in [0.15, 0.2) is 5.82 Å². The third kappa shape index (κ3) is 6.18. The molecule has 2 aromatic carbocycles. The Balaban J connectivity index is 1.47. The average molecular weight is 435 g/mol. The number of benzene rings is 2. The van der Waals surface area contributed by atoms with Crippen molar-refractivity contribution in [1.82, 2.24) is 25.8 Å². The molecule has 0 radical (unpaired) electrons. The number of aromatic nitrogens is 3. The van der Waals surface area contributed by atoms with Crippen LogP contribution in [0.25, 0.3) is 17.5 Å². The van der Waals surface area contributed by atoms with Gasteiger partial charge >= 0.3 is 0 Å². The van der Waals surface area contributed by atoms with Crippen LogP contribution >= 0.6 is 0 Å². The van der Waals surface area contributed by atoms with Gasteiger partial charge in [-0.05, 0) is 55.0 Å². The molecule has 3 N–H and O–H groups in total. The molecule has 32 heavy (non-hydrogen) atoms. The highest BCUT2D eigenvalue weighted by Crippen LogP contribution is 2.18. The first-order chi connectivity index (χ1) is 15.5. The Labute approximate surface area is 185 Å². The third-order valence-electron chi connectivity index (χ3n) is 4.61. The summed E-state index contributed by atoms with van der Waals surface area (Å²) in [6, 6.07) is 13.9. The summed E-state index contributed by atoms with van der Waals surface area (Å²) in [7, 11) is 3.19. The van der Waals surface area contributed by atoms with Crippen LogP contribution in [0, 0.1) is 0 Å². The quantitative estimate of drug-likeness (QED) is 0.444. The fraction of sp³-hybridized carbons (Fsp3) is 0.217. The Morgan fingerprint density at radius 3 is 2.28 bits per heavy atom. The number of rotatable bonds is 9. The monoisotopic (exact) mass is 435 g/mol. The summed E-state index contributed by atoms with van der Waals surface area (Å²) in [5.41, 5.74) is 1.67. The highest BCUT2D eigenvalue weighted by Gasteiger charge is 2.15. The largest absolute Gasteiger partial charge is 0.497 e. The predicted molar refractivity (Wildman–Crippen MR) is 120 cm³/mol. The molecular formula is C23H25N5O4. The first-order valence-electron chi connectivity index (χ1n) is 9.94. The number of aromatic amines is 1. The Morgan fingerprint density at radius 2 is 1.66 bits per heavy atom. The van der Waals surface area contributed by atoms with E-state index in [1.807, 2.05) is 36.4 Å². The third-order valence-corrected chi connectivity index (χ3v) is 4.61. The Kier molecular flexibility index (Phi) is 7.58. The molecule has 0 fully saturated rings. The van der Waals surface area contributed by atoms with Crippen LogP contribution in [-0.2, 0) is 16.1 Å². The zero-order valence-corrected chi connectivity index (χ0v) is 18.1. The van der Waals surface area contributed by atoms with Crippen LogP contribution in [0.5, 0.6) is 11.5 Å². The molecule has 0 saturated heterocycles. The minimum atomic E-state index is -0.716. The van der Waals surface area contributed by atoms with Gasteiger partial charge in [0.1, 0.15) is 23.4 Å². The van der Waals surface area contributed by atoms with Crippen LogP contribution in [0.3, 0.4) is 0 Å². The number of methoxy groups -OCH3 is 2. The molecular weight excluding hydrogens is 410 g/mol. The predicted octanol–water partition coefficient (Wildman–Crippen LogP) is 2.32. The molecule has 2 amide bonds. The maximum absolute atomic E-state index is 12.3. The molecule has 3 aromatic rings. The first kappa shape index (κ1) is 22.5. The van der Waals surface area contributed by atoms with E-state index in [9.17, 15) is 9.59 Å². The number of nitrogens with zero attached hydrogens (tertiary/aromatic N) is 2. The lowest BCUT2D eigenvalue weighted by Gasteiger charge is -2.12. The van der Waals surface area contributed by atoms with E-state index in [2.05, 4.69) is 25.8 Å². The van der Waals surface area contributed by atoms with Crippen molar-refractivity contribution in [1.29, 1.82) is 0 Å². The Bertz CT molecular complexity index is 1070. The van der Waals surface area contributed by atoms with Gasteiger partial charge in [-0.3, -0.25) is 14.7 Å². The van der Waals surface area contributed by atoms with Crippen LogP contribution in [-0.4, -0.2) is 47.3 Å². The number of ether oxygens (including phenoxy) is 2. The lowest BCUT2D eigenvalue weighted by Crippen LogP contribution is -2.44. The van der Waals surface area contributed by atoms with Crippen molar-refractivity contribution >= 4 is 17.9 Å². The molecule has 0 spiro atoms. The van der Waals surface area contributed by atoms with Gasteiger partial charge in [0.05, 0.1) is 20.8 Å². The van der Waals surface area contributed by atoms with E-state index in [0.29, 0.717) is 11.6 Å². The SMILES string of the molecule is COc1ccc(/C=C/C(=O)NC(C)C(=O)NCc2nc(-c3ccc(OC)cc3)n[nH]2)cc1. The molecule has 1 atom stereocenters. The standard InChI is InChI=1S/C23H25N5O4/c1-15(25-21(29)13-6-16-4-9-18(31-2)10-5-16)23(30)24-14-20-26-22(28-27-20)17-7-11-19(32-3)12-8-17/h4-13,15H,14H2,1-3H3,(H,24,30)(H,25,29)(H,26,27,28)/b13-6+. The van der Waals surface area contributed by atoms with Gasteiger partial charge in [-0.25, -0.2) is 4.98 Å². The summed E-state index contributed by atoms with van der Waals surface area (Å²) in [5.74, 6) is 1.79. The van der Waals surface area contributed by atoms with Gasteiger partial charge < -0.3 is 20.1 Å². The van der Waals surface area contributed by atoms with Crippen LogP contribution in [0.2, 0.25) is 0 Å². The molecule has 166 valence electrons. The van der Waals surface area contributed by atoms with E-state index >= 15 is 0 Å². The van der Waals surface area contributed by atoms with Crippen molar-refractivity contribution in [2.45, 2.75) is 19.5 Å². The van der Waals surface area contributed by atoms with Crippen molar-refractivity contribution in [2.24, 2.45) is 0 Å². The number of nitrogens with one attached hydrogen (secondary N) is 3. The molecule has 3 rings (SSSR count). The smallest absolute Gasteiger partial charge is 0.244 e. The molecule has 1 unspecified atom stereocenters. The van der Waals surface area contributed by atoms with E-state index in [1.165, 1.54) is 6.08 Å². The molecule has 0 bridgehead atoms. The fourth-order valence-electron chi connectivity index (χ4n) is 2.78. The number of hydrogen-bond acceptors (Lipinski definition) is 6. The second kappa shape index (κ2) is 10.8. The molecule has 0 aliphatic heterocycles. The normalized spacial score (nSPS) is 11.7. The van der Waals surface area contributed by atoms with Crippen LogP contribution in [0.1, 0.15) is 18.3 Å². The minimum absolute atomic E-state index is 0.157. The number of amides is 2. The zero-order valence-electron chi connectivity index (χ0n) is 18.1. The highest BCUT2D eigenvalue weighted by atomic mass is 16.5. The molecule has 0 saturated carbocycles. The summed E-state index contributed by atoms with van der Waals surface area (Å²) < 4.78 is 10.2. The van der Waals surface area contributed by atoms with Gasteiger partial charge in [0, 0.05) is 11.6 Å². The highest BCUT2D eigenvalue weighted by molar-refractivity contribution is 5.95. The van der Waals surface area contributed by atoms with E-state index in [0.717, 1.165) is 22.6 Å². The maximum Gasteiger partial charge on any atom is 0.244 e. The summed E-state index contributed by atoms with van der Waals surface area (Å²) in [6.45, 7) is 1.77. The Morgan fingerprint density at radius 1 is 1.03 bits per heavy atom. The van der Waals surface area contributed by atoms with Gasteiger partial charge in [-0.1, -0.05) is 12.1 Å². The summed E-state index contributed by atoms with van der Waals surface area (Å²) in [5, 5.41) is 12.3. The van der Waals surface area contributed by atoms with Crippen molar-refractivity contribution in [3.05, 3.63) is 66.0 Å². The molecule has 9 heteroatoms. The van der Waals surface area contributed by atoms with E-state index < -0.39 is 6.04 Å². The van der Waals surface area contributed by atoms with Gasteiger partial charge in [-0.15, -0.1) is 0 Å². The van der Waals surface area contributed by atoms with E-state index in [1.54, 1.807) is 39.4 Å². The number of hydrogen-bond donors (Lipinski definition) is 3. The van der Waals surface area contributed by atoms with Crippen LogP contribution in [0.4, 0.5) is 0 Å². The first-order valence-corrected chi connectivity index (χ1v) is 9.94. The van der Waals surface area contributed by atoms with Crippen molar-refractivity contribution < 1.29 is 19.1 Å². The maximum atomic E-state index is 12.3. The second-order valence-electron chi connectivity index (χ2n) is 6.89. The number of carbonyl (C=O) groups is 2. The topological polar surface area (TPSA) is 118 Å². The molecule has 0 aliphatic rings. The molecule has 9 nitrogen and oxygen atoms in total. The lowest BCUT2D eigenvalue weighted by atomic mass is 10.2. The molecule has 1 heterocycles. The van der Waals surface area contributed by atoms with Crippen LogP contribution in [0.15, 0.2) is 54.6 Å². The van der Waals surface area contributed by atoms with Gasteiger partial charge in [-0.2, -0.15) is 5.10 Å². The zero-order chi connectivity index (χ0) is 22.9. The summed E-state index contributed by atoms with van der Waals surface area (Å²) >= 11 is 0. The second-order valence-corrected chi connectivity index (χ2v) is 6.89. The molecule has 0 aliphatic carbocycles.